The number of hydrogen-bond donors (Lipinski definition) is 0. The first-order chi connectivity index (χ1) is 10.3. The highest BCUT2D eigenvalue weighted by Gasteiger charge is 2.21. The van der Waals surface area contributed by atoms with Crippen LogP contribution < -0.4 is 4.74 Å². The van der Waals surface area contributed by atoms with E-state index in [0.717, 1.165) is 46.2 Å². The van der Waals surface area contributed by atoms with E-state index in [1.165, 1.54) is 6.42 Å². The van der Waals surface area contributed by atoms with E-state index in [2.05, 4.69) is 11.2 Å². The van der Waals surface area contributed by atoms with Crippen LogP contribution in [-0.2, 0) is 4.74 Å². The van der Waals surface area contributed by atoms with Gasteiger partial charge in [0.1, 0.15) is 5.75 Å². The highest BCUT2D eigenvalue weighted by atomic mass is 35.5. The first-order valence-corrected chi connectivity index (χ1v) is 8.28. The molecule has 0 aliphatic carbocycles. The quantitative estimate of drug-likeness (QED) is 0.691. The normalized spacial score (nSPS) is 19.4. The molecule has 1 saturated heterocycles. The van der Waals surface area contributed by atoms with Crippen molar-refractivity contribution in [1.82, 2.24) is 9.78 Å². The van der Waals surface area contributed by atoms with Crippen molar-refractivity contribution in [3.8, 4) is 5.75 Å². The number of aromatic nitrogens is 2. The number of thiophene rings is 1. The first-order valence-electron chi connectivity index (χ1n) is 7.02. The molecule has 3 heterocycles. The molecule has 0 N–H and O–H groups in total. The summed E-state index contributed by atoms with van der Waals surface area (Å²) in [7, 11) is 1.67. The standard InChI is InChI=1S/C15H15ClN2O2S/c1-19-11-8-21-12-6-10-9(15(16)14(11)12)7-17-18(10)13-4-2-3-5-20-13/h6-8,13H,2-5H2,1H3. The molecule has 1 aliphatic rings. The van der Waals surface area contributed by atoms with Gasteiger partial charge >= 0.3 is 0 Å². The average Bonchev–Trinajstić information content (AvgIpc) is 3.12. The van der Waals surface area contributed by atoms with E-state index in [9.17, 15) is 0 Å². The molecule has 110 valence electrons. The number of benzene rings is 1. The fraction of sp³-hybridized carbons (Fsp3) is 0.400. The van der Waals surface area contributed by atoms with Crippen LogP contribution in [0.15, 0.2) is 17.6 Å². The van der Waals surface area contributed by atoms with Crippen LogP contribution in [0.5, 0.6) is 5.75 Å². The minimum absolute atomic E-state index is 0.0200. The van der Waals surface area contributed by atoms with Crippen LogP contribution in [0.2, 0.25) is 5.02 Å². The second-order valence-corrected chi connectivity index (χ2v) is 6.50. The summed E-state index contributed by atoms with van der Waals surface area (Å²) in [5.74, 6) is 0.823. The lowest BCUT2D eigenvalue weighted by molar-refractivity contribution is -0.0366. The Hall–Kier alpha value is -1.30. The van der Waals surface area contributed by atoms with Crippen LogP contribution in [-0.4, -0.2) is 23.5 Å². The Morgan fingerprint density at radius 1 is 1.48 bits per heavy atom. The van der Waals surface area contributed by atoms with Crippen LogP contribution in [0.3, 0.4) is 0 Å². The molecule has 0 saturated carbocycles. The second-order valence-electron chi connectivity index (χ2n) is 5.21. The van der Waals surface area contributed by atoms with Gasteiger partial charge in [0, 0.05) is 22.1 Å². The predicted molar refractivity (Wildman–Crippen MR) is 85.5 cm³/mol. The highest BCUT2D eigenvalue weighted by Crippen LogP contribution is 2.42. The van der Waals surface area contributed by atoms with E-state index in [4.69, 9.17) is 21.1 Å². The molecule has 6 heteroatoms. The summed E-state index contributed by atoms with van der Waals surface area (Å²) in [6.45, 7) is 0.800. The molecule has 2 aromatic heterocycles. The summed E-state index contributed by atoms with van der Waals surface area (Å²) in [5.41, 5.74) is 1.03. The van der Waals surface area contributed by atoms with E-state index in [0.29, 0.717) is 5.02 Å². The van der Waals surface area contributed by atoms with Gasteiger partial charge in [0.05, 0.1) is 29.2 Å². The maximum atomic E-state index is 6.58. The SMILES string of the molecule is COc1csc2cc3c(cnn3C3CCCCO3)c(Cl)c12. The van der Waals surface area contributed by atoms with Crippen LogP contribution in [0.1, 0.15) is 25.5 Å². The number of fused-ring (bicyclic) bond motifs is 2. The zero-order valence-electron chi connectivity index (χ0n) is 11.6. The fourth-order valence-corrected chi connectivity index (χ4v) is 4.26. The minimum atomic E-state index is 0.0200. The smallest absolute Gasteiger partial charge is 0.150 e. The first kappa shape index (κ1) is 13.4. The predicted octanol–water partition coefficient (Wildman–Crippen LogP) is 4.61. The van der Waals surface area contributed by atoms with E-state index in [1.807, 2.05) is 16.3 Å². The van der Waals surface area contributed by atoms with Crippen molar-refractivity contribution < 1.29 is 9.47 Å². The molecule has 0 amide bonds. The zero-order chi connectivity index (χ0) is 14.4. The number of halogens is 1. The zero-order valence-corrected chi connectivity index (χ0v) is 13.2. The highest BCUT2D eigenvalue weighted by molar-refractivity contribution is 7.17. The van der Waals surface area contributed by atoms with Crippen molar-refractivity contribution in [2.24, 2.45) is 0 Å². The van der Waals surface area contributed by atoms with Gasteiger partial charge in [0.15, 0.2) is 6.23 Å². The average molecular weight is 323 g/mol. The Kier molecular flexibility index (Phi) is 3.28. The maximum absolute atomic E-state index is 6.58. The molecule has 1 aliphatic heterocycles. The molecule has 0 bridgehead atoms. The fourth-order valence-electron chi connectivity index (χ4n) is 2.92. The summed E-state index contributed by atoms with van der Waals surface area (Å²) >= 11 is 8.22. The van der Waals surface area contributed by atoms with Crippen LogP contribution >= 0.6 is 22.9 Å². The number of ether oxygens (including phenoxy) is 2. The Morgan fingerprint density at radius 2 is 2.38 bits per heavy atom. The Bertz CT molecular complexity index is 805. The molecule has 1 atom stereocenters. The Morgan fingerprint density at radius 3 is 3.14 bits per heavy atom. The van der Waals surface area contributed by atoms with Crippen molar-refractivity contribution in [3.63, 3.8) is 0 Å². The van der Waals surface area contributed by atoms with E-state index < -0.39 is 0 Å². The van der Waals surface area contributed by atoms with Crippen LogP contribution in [0.4, 0.5) is 0 Å². The number of nitrogens with zero attached hydrogens (tertiary/aromatic N) is 2. The van der Waals surface area contributed by atoms with Crippen LogP contribution in [0, 0.1) is 0 Å². The van der Waals surface area contributed by atoms with Gasteiger partial charge in [-0.2, -0.15) is 5.10 Å². The molecule has 0 spiro atoms. The van der Waals surface area contributed by atoms with Crippen molar-refractivity contribution >= 4 is 43.9 Å². The van der Waals surface area contributed by atoms with E-state index in [-0.39, 0.29) is 6.23 Å². The van der Waals surface area contributed by atoms with Gasteiger partial charge in [-0.05, 0) is 25.3 Å². The van der Waals surface area contributed by atoms with Crippen molar-refractivity contribution in [3.05, 3.63) is 22.7 Å². The molecule has 0 radical (unpaired) electrons. The molecule has 21 heavy (non-hydrogen) atoms. The van der Waals surface area contributed by atoms with Gasteiger partial charge in [0.2, 0.25) is 0 Å². The Labute approximate surface area is 131 Å². The molecule has 1 unspecified atom stereocenters. The third kappa shape index (κ3) is 2.03. The van der Waals surface area contributed by atoms with E-state index >= 15 is 0 Å². The summed E-state index contributed by atoms with van der Waals surface area (Å²) in [6, 6.07) is 2.13. The van der Waals surface area contributed by atoms with Crippen molar-refractivity contribution in [2.45, 2.75) is 25.5 Å². The minimum Gasteiger partial charge on any atom is -0.495 e. The van der Waals surface area contributed by atoms with Gasteiger partial charge in [-0.25, -0.2) is 4.68 Å². The molecular weight excluding hydrogens is 308 g/mol. The van der Waals surface area contributed by atoms with Crippen LogP contribution in [0.25, 0.3) is 21.0 Å². The second kappa shape index (κ2) is 5.16. The largest absolute Gasteiger partial charge is 0.495 e. The molecule has 1 aromatic carbocycles. The summed E-state index contributed by atoms with van der Waals surface area (Å²) < 4.78 is 14.3. The lowest BCUT2D eigenvalue weighted by atomic mass is 10.1. The third-order valence-electron chi connectivity index (χ3n) is 3.99. The Balaban J connectivity index is 1.93. The van der Waals surface area contributed by atoms with Gasteiger partial charge in [0.25, 0.3) is 0 Å². The van der Waals surface area contributed by atoms with Gasteiger partial charge < -0.3 is 9.47 Å². The van der Waals surface area contributed by atoms with Gasteiger partial charge in [-0.1, -0.05) is 11.6 Å². The van der Waals surface area contributed by atoms with Gasteiger partial charge in [-0.15, -0.1) is 11.3 Å². The monoisotopic (exact) mass is 322 g/mol. The van der Waals surface area contributed by atoms with E-state index in [1.54, 1.807) is 18.4 Å². The molecule has 3 aromatic rings. The summed E-state index contributed by atoms with van der Waals surface area (Å²) in [4.78, 5) is 0. The number of rotatable bonds is 2. The van der Waals surface area contributed by atoms with Gasteiger partial charge in [-0.3, -0.25) is 0 Å². The van der Waals surface area contributed by atoms with Crippen molar-refractivity contribution in [1.29, 1.82) is 0 Å². The lowest BCUT2D eigenvalue weighted by Crippen LogP contribution is -2.18. The molecule has 4 nitrogen and oxygen atoms in total. The number of hydrogen-bond acceptors (Lipinski definition) is 4. The summed E-state index contributed by atoms with van der Waals surface area (Å²) in [6.07, 6.45) is 5.15. The summed E-state index contributed by atoms with van der Waals surface area (Å²) in [5, 5.41) is 9.14. The van der Waals surface area contributed by atoms with Crippen molar-refractivity contribution in [2.75, 3.05) is 13.7 Å². The maximum Gasteiger partial charge on any atom is 0.150 e. The molecule has 1 fully saturated rings. The molecule has 4 rings (SSSR count). The third-order valence-corrected chi connectivity index (χ3v) is 5.29. The molecular formula is C15H15ClN2O2S. The topological polar surface area (TPSA) is 36.3 Å². The number of methoxy groups -OCH3 is 1. The lowest BCUT2D eigenvalue weighted by Gasteiger charge is -2.23.